The second kappa shape index (κ2) is 4.52. The molecule has 0 saturated carbocycles. The van der Waals surface area contributed by atoms with Gasteiger partial charge in [0.25, 0.3) is 0 Å². The Bertz CT molecular complexity index is 256. The molecule has 1 aromatic heterocycles. The minimum Gasteiger partial charge on any atom is -0.338 e. The first-order chi connectivity index (χ1) is 6.86. The van der Waals surface area contributed by atoms with Crippen LogP contribution in [0.2, 0.25) is 0 Å². The largest absolute Gasteiger partial charge is 0.338 e. The van der Waals surface area contributed by atoms with Gasteiger partial charge < -0.3 is 9.84 Å². The van der Waals surface area contributed by atoms with Crippen molar-refractivity contribution < 1.29 is 4.52 Å². The van der Waals surface area contributed by atoms with E-state index in [2.05, 4.69) is 27.4 Å². The van der Waals surface area contributed by atoms with Crippen LogP contribution in [0.4, 0.5) is 0 Å². The Hall–Kier alpha value is -0.940. The zero-order valence-corrected chi connectivity index (χ0v) is 8.44. The predicted molar refractivity (Wildman–Crippen MR) is 51.7 cm³/mol. The number of likely N-dealkylation sites (N-methyl/N-ethyl adjacent to an activating group) is 1. The second-order valence-corrected chi connectivity index (χ2v) is 3.75. The van der Waals surface area contributed by atoms with Crippen molar-refractivity contribution in [3.05, 3.63) is 12.2 Å². The van der Waals surface area contributed by atoms with Crippen LogP contribution in [0.25, 0.3) is 0 Å². The molecule has 0 amide bonds. The van der Waals surface area contributed by atoms with Gasteiger partial charge >= 0.3 is 0 Å². The molecule has 78 valence electrons. The second-order valence-electron chi connectivity index (χ2n) is 3.75. The fourth-order valence-electron chi connectivity index (χ4n) is 1.82. The highest BCUT2D eigenvalue weighted by atomic mass is 16.5. The molecule has 1 atom stereocenters. The van der Waals surface area contributed by atoms with E-state index in [1.165, 1.54) is 19.2 Å². The minimum absolute atomic E-state index is 0.593. The third-order valence-electron chi connectivity index (χ3n) is 2.69. The maximum Gasteiger partial charge on any atom is 0.240 e. The Labute approximate surface area is 83.5 Å². The van der Waals surface area contributed by atoms with E-state index in [4.69, 9.17) is 4.52 Å². The Morgan fingerprint density at radius 1 is 1.71 bits per heavy atom. The lowest BCUT2D eigenvalue weighted by atomic mass is 10.1. The summed E-state index contributed by atoms with van der Waals surface area (Å²) in [5.74, 6) is 0.693. The number of hydrogen-bond acceptors (Lipinski definition) is 5. The van der Waals surface area contributed by atoms with Crippen LogP contribution in [-0.4, -0.2) is 41.2 Å². The van der Waals surface area contributed by atoms with E-state index in [9.17, 15) is 0 Å². The van der Waals surface area contributed by atoms with Gasteiger partial charge in [-0.25, -0.2) is 0 Å². The van der Waals surface area contributed by atoms with Crippen molar-refractivity contribution in [1.29, 1.82) is 0 Å². The zero-order chi connectivity index (χ0) is 9.80. The van der Waals surface area contributed by atoms with Gasteiger partial charge in [-0.2, -0.15) is 4.98 Å². The molecular weight excluding hydrogens is 180 g/mol. The first-order valence-electron chi connectivity index (χ1n) is 5.03. The Balaban J connectivity index is 1.85. The summed E-state index contributed by atoms with van der Waals surface area (Å²) in [7, 11) is 2.10. The Kier molecular flexibility index (Phi) is 3.10. The Morgan fingerprint density at radius 3 is 3.29 bits per heavy atom. The third kappa shape index (κ3) is 2.30. The van der Waals surface area contributed by atoms with Gasteiger partial charge in [0.1, 0.15) is 0 Å². The van der Waals surface area contributed by atoms with Crippen molar-refractivity contribution in [1.82, 2.24) is 20.4 Å². The van der Waals surface area contributed by atoms with Gasteiger partial charge in [0, 0.05) is 12.6 Å². The molecule has 1 N–H and O–H groups in total. The normalized spacial score (nSPS) is 22.9. The fourth-order valence-corrected chi connectivity index (χ4v) is 1.82. The number of aromatic nitrogens is 2. The molecule has 1 fully saturated rings. The molecule has 2 heterocycles. The van der Waals surface area contributed by atoms with Crippen LogP contribution in [0.5, 0.6) is 0 Å². The van der Waals surface area contributed by atoms with E-state index in [1.54, 1.807) is 0 Å². The minimum atomic E-state index is 0.593. The monoisotopic (exact) mass is 196 g/mol. The molecular formula is C9H16N4O. The van der Waals surface area contributed by atoms with Gasteiger partial charge in [0.15, 0.2) is 6.33 Å². The highest BCUT2D eigenvalue weighted by Gasteiger charge is 2.18. The molecule has 14 heavy (non-hydrogen) atoms. The molecule has 1 aromatic rings. The fraction of sp³-hybridized carbons (Fsp3) is 0.778. The lowest BCUT2D eigenvalue weighted by Crippen LogP contribution is -2.43. The van der Waals surface area contributed by atoms with Crippen molar-refractivity contribution in [2.75, 3.05) is 20.1 Å². The average molecular weight is 196 g/mol. The molecule has 1 aliphatic heterocycles. The van der Waals surface area contributed by atoms with Gasteiger partial charge in [-0.15, -0.1) is 0 Å². The Morgan fingerprint density at radius 2 is 2.64 bits per heavy atom. The molecule has 0 spiro atoms. The van der Waals surface area contributed by atoms with Gasteiger partial charge in [-0.1, -0.05) is 5.16 Å². The van der Waals surface area contributed by atoms with Gasteiger partial charge in [0.05, 0.1) is 6.54 Å². The highest BCUT2D eigenvalue weighted by Crippen LogP contribution is 2.10. The topological polar surface area (TPSA) is 54.2 Å². The molecule has 5 heteroatoms. The van der Waals surface area contributed by atoms with E-state index >= 15 is 0 Å². The molecule has 1 unspecified atom stereocenters. The summed E-state index contributed by atoms with van der Waals surface area (Å²) in [6, 6.07) is 0.593. The maximum absolute atomic E-state index is 4.97. The van der Waals surface area contributed by atoms with Crippen molar-refractivity contribution >= 4 is 0 Å². The predicted octanol–water partition coefficient (Wildman–Crippen LogP) is 0.253. The van der Waals surface area contributed by atoms with Gasteiger partial charge in [0.2, 0.25) is 5.89 Å². The number of nitrogens with zero attached hydrogens (tertiary/aromatic N) is 3. The van der Waals surface area contributed by atoms with Crippen LogP contribution in [0, 0.1) is 0 Å². The van der Waals surface area contributed by atoms with Gasteiger partial charge in [-0.3, -0.25) is 4.90 Å². The molecule has 0 radical (unpaired) electrons. The van der Waals surface area contributed by atoms with Crippen LogP contribution >= 0.6 is 0 Å². The standard InChI is InChI=1S/C9H16N4O/c1-13(6-9-11-7-12-14-9)8-3-2-4-10-5-8/h7-8,10H,2-6H2,1H3. The lowest BCUT2D eigenvalue weighted by molar-refractivity contribution is 0.174. The molecule has 1 aliphatic rings. The van der Waals surface area contributed by atoms with E-state index in [1.807, 2.05) is 0 Å². The van der Waals surface area contributed by atoms with Crippen molar-refractivity contribution in [3.63, 3.8) is 0 Å². The summed E-state index contributed by atoms with van der Waals surface area (Å²) < 4.78 is 4.97. The van der Waals surface area contributed by atoms with Crippen LogP contribution in [0.15, 0.2) is 10.9 Å². The van der Waals surface area contributed by atoms with Crippen LogP contribution in [-0.2, 0) is 6.54 Å². The summed E-state index contributed by atoms with van der Waals surface area (Å²) in [4.78, 5) is 6.27. The quantitative estimate of drug-likeness (QED) is 0.751. The smallest absolute Gasteiger partial charge is 0.240 e. The molecule has 1 saturated heterocycles. The SMILES string of the molecule is CN(Cc1ncno1)C1CCCNC1. The van der Waals surface area contributed by atoms with Crippen LogP contribution in [0.1, 0.15) is 18.7 Å². The van der Waals surface area contributed by atoms with E-state index in [-0.39, 0.29) is 0 Å². The van der Waals surface area contributed by atoms with Crippen LogP contribution < -0.4 is 5.32 Å². The van der Waals surface area contributed by atoms with E-state index in [0.29, 0.717) is 11.9 Å². The molecule has 5 nitrogen and oxygen atoms in total. The average Bonchev–Trinajstić information content (AvgIpc) is 2.72. The van der Waals surface area contributed by atoms with E-state index in [0.717, 1.165) is 19.6 Å². The first kappa shape index (κ1) is 9.61. The summed E-state index contributed by atoms with van der Waals surface area (Å²) >= 11 is 0. The molecule has 0 aromatic carbocycles. The molecule has 0 aliphatic carbocycles. The number of hydrogen-bond donors (Lipinski definition) is 1. The van der Waals surface area contributed by atoms with Crippen molar-refractivity contribution in [3.8, 4) is 0 Å². The summed E-state index contributed by atoms with van der Waals surface area (Å²) in [6.45, 7) is 2.95. The van der Waals surface area contributed by atoms with Crippen molar-refractivity contribution in [2.45, 2.75) is 25.4 Å². The van der Waals surface area contributed by atoms with Crippen LogP contribution in [0.3, 0.4) is 0 Å². The summed E-state index contributed by atoms with van der Waals surface area (Å²) in [5, 5.41) is 6.98. The zero-order valence-electron chi connectivity index (χ0n) is 8.44. The summed E-state index contributed by atoms with van der Waals surface area (Å²) in [5.41, 5.74) is 0. The number of nitrogens with one attached hydrogen (secondary N) is 1. The molecule has 0 bridgehead atoms. The van der Waals surface area contributed by atoms with E-state index < -0.39 is 0 Å². The lowest BCUT2D eigenvalue weighted by Gasteiger charge is -2.30. The highest BCUT2D eigenvalue weighted by molar-refractivity contribution is 4.80. The number of rotatable bonds is 3. The molecule has 2 rings (SSSR count). The van der Waals surface area contributed by atoms with Crippen molar-refractivity contribution in [2.24, 2.45) is 0 Å². The summed E-state index contributed by atoms with van der Waals surface area (Å²) in [6.07, 6.45) is 3.94. The maximum atomic E-state index is 4.97. The van der Waals surface area contributed by atoms with Gasteiger partial charge in [-0.05, 0) is 26.4 Å². The first-order valence-corrected chi connectivity index (χ1v) is 5.03. The third-order valence-corrected chi connectivity index (χ3v) is 2.69. The number of piperidine rings is 1.